The van der Waals surface area contributed by atoms with Gasteiger partial charge in [-0.05, 0) is 49.9 Å². The first-order valence-electron chi connectivity index (χ1n) is 6.68. The van der Waals surface area contributed by atoms with Crippen LogP contribution in [0, 0.1) is 44.4 Å². The molecule has 1 heterocycles. The molecule has 19 heavy (non-hydrogen) atoms. The van der Waals surface area contributed by atoms with E-state index in [1.54, 1.807) is 0 Å². The van der Waals surface area contributed by atoms with Crippen LogP contribution in [-0.2, 0) is 4.74 Å². The van der Waals surface area contributed by atoms with Crippen molar-refractivity contribution in [2.75, 3.05) is 31.7 Å². The van der Waals surface area contributed by atoms with E-state index in [0.717, 1.165) is 6.54 Å². The predicted molar refractivity (Wildman–Crippen MR) is 77.5 cm³/mol. The van der Waals surface area contributed by atoms with E-state index in [1.165, 1.54) is 27.9 Å². The molecule has 1 aliphatic heterocycles. The Hall–Kier alpha value is -1.53. The number of benzene rings is 1. The Morgan fingerprint density at radius 2 is 1.74 bits per heavy atom. The lowest BCUT2D eigenvalue weighted by Gasteiger charge is -2.39. The molecule has 0 aromatic heterocycles. The van der Waals surface area contributed by atoms with Crippen molar-refractivity contribution in [3.05, 3.63) is 28.3 Å². The van der Waals surface area contributed by atoms with Gasteiger partial charge in [0.1, 0.15) is 5.41 Å². The zero-order valence-electron chi connectivity index (χ0n) is 12.5. The van der Waals surface area contributed by atoms with Crippen LogP contribution >= 0.6 is 0 Å². The van der Waals surface area contributed by atoms with E-state index in [0.29, 0.717) is 13.2 Å². The molecule has 0 spiro atoms. The zero-order valence-corrected chi connectivity index (χ0v) is 12.5. The number of hydrogen-bond donors (Lipinski definition) is 0. The largest absolute Gasteiger partial charge is 0.378 e. The molecule has 0 amide bonds. The lowest BCUT2D eigenvalue weighted by molar-refractivity contribution is -0.0716. The minimum atomic E-state index is -0.328. The number of rotatable bonds is 3. The molecule has 0 saturated carbocycles. The van der Waals surface area contributed by atoms with Gasteiger partial charge in [-0.1, -0.05) is 6.07 Å². The van der Waals surface area contributed by atoms with Gasteiger partial charge in [0.25, 0.3) is 0 Å². The molecule has 0 aliphatic carbocycles. The molecule has 0 bridgehead atoms. The highest BCUT2D eigenvalue weighted by Gasteiger charge is 2.40. The molecular weight excluding hydrogens is 236 g/mol. The summed E-state index contributed by atoms with van der Waals surface area (Å²) in [5, 5.41) is 9.32. The van der Waals surface area contributed by atoms with Gasteiger partial charge in [0.05, 0.1) is 19.3 Å². The maximum Gasteiger partial charge on any atom is 0.121 e. The summed E-state index contributed by atoms with van der Waals surface area (Å²) in [6.07, 6.45) is 0. The van der Waals surface area contributed by atoms with Crippen molar-refractivity contribution in [3.8, 4) is 6.07 Å². The van der Waals surface area contributed by atoms with Crippen molar-refractivity contribution >= 4 is 5.69 Å². The van der Waals surface area contributed by atoms with Gasteiger partial charge >= 0.3 is 0 Å². The topological polar surface area (TPSA) is 36.3 Å². The number of nitriles is 1. The molecule has 1 aliphatic rings. The fourth-order valence-corrected chi connectivity index (χ4v) is 2.84. The Morgan fingerprint density at radius 3 is 2.11 bits per heavy atom. The fraction of sp³-hybridized carbons (Fsp3) is 0.562. The minimum Gasteiger partial charge on any atom is -0.378 e. The van der Waals surface area contributed by atoms with Crippen molar-refractivity contribution in [1.82, 2.24) is 0 Å². The van der Waals surface area contributed by atoms with Crippen LogP contribution in [0.2, 0.25) is 0 Å². The predicted octanol–water partition coefficient (Wildman–Crippen LogP) is 2.90. The smallest absolute Gasteiger partial charge is 0.121 e. The molecule has 0 unspecified atom stereocenters. The molecule has 102 valence electrons. The summed E-state index contributed by atoms with van der Waals surface area (Å²) in [5.41, 5.74) is 6.16. The molecule has 0 atom stereocenters. The van der Waals surface area contributed by atoms with Gasteiger partial charge < -0.3 is 9.64 Å². The van der Waals surface area contributed by atoms with Gasteiger partial charge in [-0.15, -0.1) is 0 Å². The van der Waals surface area contributed by atoms with Gasteiger partial charge in [-0.3, -0.25) is 0 Å². The summed E-state index contributed by atoms with van der Waals surface area (Å²) < 4.78 is 5.22. The van der Waals surface area contributed by atoms with Gasteiger partial charge in [0, 0.05) is 19.3 Å². The summed E-state index contributed by atoms with van der Waals surface area (Å²) in [5.74, 6) is 0. The maximum absolute atomic E-state index is 9.32. The molecule has 1 fully saturated rings. The highest BCUT2D eigenvalue weighted by atomic mass is 16.5. The quantitative estimate of drug-likeness (QED) is 0.836. The minimum absolute atomic E-state index is 0.328. The lowest BCUT2D eigenvalue weighted by Crippen LogP contribution is -2.49. The van der Waals surface area contributed by atoms with E-state index in [1.807, 2.05) is 0 Å². The third kappa shape index (κ3) is 2.33. The summed E-state index contributed by atoms with van der Waals surface area (Å²) in [4.78, 5) is 2.22. The highest BCUT2D eigenvalue weighted by molar-refractivity contribution is 5.63. The average molecular weight is 258 g/mol. The maximum atomic E-state index is 9.32. The van der Waals surface area contributed by atoms with Gasteiger partial charge in [0.2, 0.25) is 0 Å². The van der Waals surface area contributed by atoms with Crippen LogP contribution in [0.4, 0.5) is 5.69 Å². The molecule has 2 rings (SSSR count). The third-order valence-electron chi connectivity index (χ3n) is 4.24. The standard InChI is InChI=1S/C16H22N2O/c1-11-6-12(2)14(4)15(13(11)3)18(5)8-16(7-17)9-19-10-16/h6H,8-10H2,1-5H3. The van der Waals surface area contributed by atoms with E-state index in [9.17, 15) is 5.26 Å². The molecule has 1 aromatic carbocycles. The molecule has 0 radical (unpaired) electrons. The van der Waals surface area contributed by atoms with Crippen LogP contribution in [0.1, 0.15) is 22.3 Å². The Morgan fingerprint density at radius 1 is 1.21 bits per heavy atom. The fourth-order valence-electron chi connectivity index (χ4n) is 2.84. The zero-order chi connectivity index (χ0) is 14.2. The molecule has 3 heteroatoms. The van der Waals surface area contributed by atoms with E-state index < -0.39 is 0 Å². The Balaban J connectivity index is 2.34. The Bertz CT molecular complexity index is 512. The summed E-state index contributed by atoms with van der Waals surface area (Å²) in [6, 6.07) is 4.65. The van der Waals surface area contributed by atoms with E-state index >= 15 is 0 Å². The van der Waals surface area contributed by atoms with Gasteiger partial charge in [-0.2, -0.15) is 5.26 Å². The SMILES string of the molecule is Cc1cc(C)c(C)c(N(C)CC2(C#N)COC2)c1C. The first kappa shape index (κ1) is 13.9. The van der Waals surface area contributed by atoms with Crippen LogP contribution < -0.4 is 4.90 Å². The summed E-state index contributed by atoms with van der Waals surface area (Å²) in [7, 11) is 2.08. The second kappa shape index (κ2) is 4.86. The monoisotopic (exact) mass is 258 g/mol. The van der Waals surface area contributed by atoms with Crippen molar-refractivity contribution in [2.24, 2.45) is 5.41 Å². The van der Waals surface area contributed by atoms with Crippen molar-refractivity contribution < 1.29 is 4.74 Å². The first-order chi connectivity index (χ1) is 8.90. The lowest BCUT2D eigenvalue weighted by atomic mass is 9.86. The number of hydrogen-bond acceptors (Lipinski definition) is 3. The first-order valence-corrected chi connectivity index (χ1v) is 6.68. The molecular formula is C16H22N2O. The molecule has 1 saturated heterocycles. The number of aryl methyl sites for hydroxylation is 2. The van der Waals surface area contributed by atoms with E-state index in [-0.39, 0.29) is 5.41 Å². The Kier molecular flexibility index (Phi) is 3.56. The highest BCUT2D eigenvalue weighted by Crippen LogP contribution is 2.34. The van der Waals surface area contributed by atoms with Crippen LogP contribution in [0.3, 0.4) is 0 Å². The van der Waals surface area contributed by atoms with Gasteiger partial charge in [-0.25, -0.2) is 0 Å². The number of nitrogens with zero attached hydrogens (tertiary/aromatic N) is 2. The summed E-state index contributed by atoms with van der Waals surface area (Å²) in [6.45, 7) is 10.4. The van der Waals surface area contributed by atoms with E-state index in [4.69, 9.17) is 4.74 Å². The van der Waals surface area contributed by atoms with Gasteiger partial charge in [0.15, 0.2) is 0 Å². The van der Waals surface area contributed by atoms with Crippen LogP contribution in [0.25, 0.3) is 0 Å². The van der Waals surface area contributed by atoms with E-state index in [2.05, 4.69) is 51.8 Å². The number of ether oxygens (including phenoxy) is 1. The normalized spacial score (nSPS) is 16.6. The summed E-state index contributed by atoms with van der Waals surface area (Å²) >= 11 is 0. The van der Waals surface area contributed by atoms with Crippen molar-refractivity contribution in [1.29, 1.82) is 5.26 Å². The molecule has 3 nitrogen and oxygen atoms in total. The second-order valence-electron chi connectivity index (χ2n) is 5.85. The second-order valence-corrected chi connectivity index (χ2v) is 5.85. The third-order valence-corrected chi connectivity index (χ3v) is 4.24. The van der Waals surface area contributed by atoms with Crippen LogP contribution in [0.5, 0.6) is 0 Å². The van der Waals surface area contributed by atoms with Crippen LogP contribution in [-0.4, -0.2) is 26.8 Å². The molecule has 1 aromatic rings. The Labute approximate surface area is 115 Å². The molecule has 0 N–H and O–H groups in total. The average Bonchev–Trinajstić information content (AvgIpc) is 2.32. The van der Waals surface area contributed by atoms with Crippen molar-refractivity contribution in [3.63, 3.8) is 0 Å². The van der Waals surface area contributed by atoms with Crippen LogP contribution in [0.15, 0.2) is 6.07 Å². The number of anilines is 1. The van der Waals surface area contributed by atoms with Crippen molar-refractivity contribution in [2.45, 2.75) is 27.7 Å².